The first-order valence-corrected chi connectivity index (χ1v) is 16.9. The molecule has 0 aliphatic heterocycles. The van der Waals surface area contributed by atoms with Crippen molar-refractivity contribution in [2.24, 2.45) is 0 Å². The molecular formula is C41H33F3O3S. The van der Waals surface area contributed by atoms with Crippen LogP contribution in [0.1, 0.15) is 39.3 Å². The standard InChI is InChI=1S/C41H33F3O3S/c1-27-15-4-7-18-30(27)33-21-10-12-23-36(33)39(37-24-13-11-22-34(37)31-19-8-5-16-28(31)2)40-35(32-20-9-6-17-29(32)3)25-14-26-38(40)47-48(45,46)41(42,43)44/h4-26,39H,1-3H3. The molecule has 48 heavy (non-hydrogen) atoms. The minimum absolute atomic E-state index is 0.307. The summed E-state index contributed by atoms with van der Waals surface area (Å²) in [4.78, 5) is 0. The number of rotatable bonds is 8. The Hall–Kier alpha value is -5.14. The second-order valence-corrected chi connectivity index (χ2v) is 13.3. The molecule has 0 amide bonds. The number of halogens is 3. The Labute approximate surface area is 279 Å². The van der Waals surface area contributed by atoms with Gasteiger partial charge < -0.3 is 4.18 Å². The van der Waals surface area contributed by atoms with E-state index in [1.54, 1.807) is 0 Å². The highest BCUT2D eigenvalue weighted by atomic mass is 32.2. The smallest absolute Gasteiger partial charge is 0.376 e. The molecule has 0 heterocycles. The summed E-state index contributed by atoms with van der Waals surface area (Å²) in [5, 5.41) is 0. The first kappa shape index (κ1) is 32.8. The zero-order valence-electron chi connectivity index (χ0n) is 26.6. The predicted octanol–water partition coefficient (Wildman–Crippen LogP) is 11.0. The van der Waals surface area contributed by atoms with Gasteiger partial charge in [0.1, 0.15) is 5.75 Å². The van der Waals surface area contributed by atoms with Crippen LogP contribution in [0.2, 0.25) is 0 Å². The highest BCUT2D eigenvalue weighted by molar-refractivity contribution is 7.88. The lowest BCUT2D eigenvalue weighted by Crippen LogP contribution is -2.28. The summed E-state index contributed by atoms with van der Waals surface area (Å²) in [6.07, 6.45) is 0. The van der Waals surface area contributed by atoms with Gasteiger partial charge in [-0.15, -0.1) is 0 Å². The Morgan fingerprint density at radius 2 is 0.833 bits per heavy atom. The van der Waals surface area contributed by atoms with Gasteiger partial charge in [0, 0.05) is 11.5 Å². The average molecular weight is 663 g/mol. The molecule has 6 aromatic rings. The van der Waals surface area contributed by atoms with Crippen LogP contribution in [0.5, 0.6) is 5.75 Å². The van der Waals surface area contributed by atoms with Gasteiger partial charge in [0.2, 0.25) is 0 Å². The Balaban J connectivity index is 1.78. The summed E-state index contributed by atoms with van der Waals surface area (Å²) < 4.78 is 72.3. The fourth-order valence-electron chi connectivity index (χ4n) is 6.41. The molecule has 0 unspecified atom stereocenters. The van der Waals surface area contributed by atoms with E-state index < -0.39 is 27.3 Å². The number of hydrogen-bond acceptors (Lipinski definition) is 3. The van der Waals surface area contributed by atoms with E-state index in [4.69, 9.17) is 4.18 Å². The maximum Gasteiger partial charge on any atom is 0.534 e. The van der Waals surface area contributed by atoms with Crippen molar-refractivity contribution in [1.29, 1.82) is 0 Å². The zero-order valence-corrected chi connectivity index (χ0v) is 27.4. The lowest BCUT2D eigenvalue weighted by atomic mass is 9.75. The van der Waals surface area contributed by atoms with Crippen LogP contribution < -0.4 is 4.18 Å². The van der Waals surface area contributed by atoms with Crippen LogP contribution in [-0.4, -0.2) is 13.9 Å². The van der Waals surface area contributed by atoms with Gasteiger partial charge in [-0.05, 0) is 88.0 Å². The van der Waals surface area contributed by atoms with Gasteiger partial charge in [-0.3, -0.25) is 0 Å². The van der Waals surface area contributed by atoms with E-state index in [9.17, 15) is 21.6 Å². The average Bonchev–Trinajstić information content (AvgIpc) is 3.06. The Bertz CT molecular complexity index is 2130. The maximum absolute atomic E-state index is 13.9. The summed E-state index contributed by atoms with van der Waals surface area (Å²) in [5.74, 6) is -1.16. The molecule has 6 rings (SSSR count). The van der Waals surface area contributed by atoms with Crippen LogP contribution in [0.25, 0.3) is 33.4 Å². The summed E-state index contributed by atoms with van der Waals surface area (Å²) in [6.45, 7) is 5.93. The quantitative estimate of drug-likeness (QED) is 0.0925. The highest BCUT2D eigenvalue weighted by Crippen LogP contribution is 2.49. The second-order valence-electron chi connectivity index (χ2n) is 11.8. The van der Waals surface area contributed by atoms with Crippen LogP contribution in [0.15, 0.2) is 140 Å². The predicted molar refractivity (Wildman–Crippen MR) is 186 cm³/mol. The molecule has 0 bridgehead atoms. The van der Waals surface area contributed by atoms with Crippen LogP contribution in [0.4, 0.5) is 13.2 Å². The summed E-state index contributed by atoms with van der Waals surface area (Å²) in [5.41, 5.74) is 4.07. The van der Waals surface area contributed by atoms with Crippen molar-refractivity contribution in [3.63, 3.8) is 0 Å². The monoisotopic (exact) mass is 662 g/mol. The van der Waals surface area contributed by atoms with Gasteiger partial charge >= 0.3 is 15.6 Å². The first-order valence-electron chi connectivity index (χ1n) is 15.5. The van der Waals surface area contributed by atoms with E-state index in [0.29, 0.717) is 11.1 Å². The van der Waals surface area contributed by atoms with E-state index in [-0.39, 0.29) is 0 Å². The number of benzene rings is 6. The van der Waals surface area contributed by atoms with E-state index in [0.717, 1.165) is 55.6 Å². The van der Waals surface area contributed by atoms with Crippen molar-refractivity contribution in [2.45, 2.75) is 32.2 Å². The van der Waals surface area contributed by atoms with E-state index >= 15 is 0 Å². The van der Waals surface area contributed by atoms with Crippen molar-refractivity contribution in [3.05, 3.63) is 173 Å². The number of aryl methyl sites for hydroxylation is 3. The summed E-state index contributed by atoms with van der Waals surface area (Å²) >= 11 is 0. The van der Waals surface area contributed by atoms with Gasteiger partial charge in [0.25, 0.3) is 0 Å². The lowest BCUT2D eigenvalue weighted by Gasteiger charge is -2.29. The molecule has 0 N–H and O–H groups in total. The largest absolute Gasteiger partial charge is 0.534 e. The molecule has 0 atom stereocenters. The fraction of sp³-hybridized carbons (Fsp3) is 0.122. The van der Waals surface area contributed by atoms with Gasteiger partial charge in [0.15, 0.2) is 0 Å². The van der Waals surface area contributed by atoms with E-state index in [1.807, 2.05) is 148 Å². The molecule has 242 valence electrons. The molecule has 7 heteroatoms. The van der Waals surface area contributed by atoms with E-state index in [2.05, 4.69) is 0 Å². The molecule has 0 aliphatic rings. The molecule has 0 aromatic heterocycles. The van der Waals surface area contributed by atoms with E-state index in [1.165, 1.54) is 12.1 Å². The van der Waals surface area contributed by atoms with Crippen LogP contribution in [0.3, 0.4) is 0 Å². The molecule has 3 nitrogen and oxygen atoms in total. The zero-order chi connectivity index (χ0) is 34.1. The SMILES string of the molecule is Cc1ccccc1-c1ccccc1C(c1ccccc1-c1ccccc1C)c1c(OS(=O)(=O)C(F)(F)F)cccc1-c1ccccc1C. The van der Waals surface area contributed by atoms with Crippen molar-refractivity contribution in [1.82, 2.24) is 0 Å². The lowest BCUT2D eigenvalue weighted by molar-refractivity contribution is -0.0500. The molecule has 0 fully saturated rings. The van der Waals surface area contributed by atoms with Crippen molar-refractivity contribution < 1.29 is 25.8 Å². The van der Waals surface area contributed by atoms with Crippen LogP contribution in [0, 0.1) is 20.8 Å². The fourth-order valence-corrected chi connectivity index (χ4v) is 6.88. The molecule has 0 radical (unpaired) electrons. The molecule has 0 saturated heterocycles. The number of hydrogen-bond donors (Lipinski definition) is 0. The normalized spacial score (nSPS) is 11.9. The number of alkyl halides is 3. The van der Waals surface area contributed by atoms with Gasteiger partial charge in [-0.2, -0.15) is 21.6 Å². The van der Waals surface area contributed by atoms with Crippen molar-refractivity contribution in [3.8, 4) is 39.1 Å². The molecule has 6 aromatic carbocycles. The highest BCUT2D eigenvalue weighted by Gasteiger charge is 2.49. The first-order chi connectivity index (χ1) is 23.0. The molecular weight excluding hydrogens is 630 g/mol. The minimum atomic E-state index is -6.02. The Kier molecular flexibility index (Phi) is 8.99. The third-order valence-electron chi connectivity index (χ3n) is 8.69. The molecule has 0 aliphatic carbocycles. The van der Waals surface area contributed by atoms with Gasteiger partial charge in [-0.1, -0.05) is 133 Å². The van der Waals surface area contributed by atoms with Crippen LogP contribution >= 0.6 is 0 Å². The molecule has 0 spiro atoms. The third-order valence-corrected chi connectivity index (χ3v) is 9.65. The van der Waals surface area contributed by atoms with Gasteiger partial charge in [-0.25, -0.2) is 0 Å². The minimum Gasteiger partial charge on any atom is -0.376 e. The van der Waals surface area contributed by atoms with Crippen molar-refractivity contribution >= 4 is 10.1 Å². The van der Waals surface area contributed by atoms with Gasteiger partial charge in [0.05, 0.1) is 0 Å². The third kappa shape index (κ3) is 6.26. The Morgan fingerprint density at radius 3 is 1.25 bits per heavy atom. The van der Waals surface area contributed by atoms with Crippen LogP contribution in [-0.2, 0) is 10.1 Å². The second kappa shape index (κ2) is 13.2. The summed E-state index contributed by atoms with van der Waals surface area (Å²) in [7, 11) is -6.02. The van der Waals surface area contributed by atoms with Crippen molar-refractivity contribution in [2.75, 3.05) is 0 Å². The topological polar surface area (TPSA) is 43.4 Å². The maximum atomic E-state index is 13.9. The molecule has 0 saturated carbocycles. The Morgan fingerprint density at radius 1 is 0.479 bits per heavy atom. The summed E-state index contributed by atoms with van der Waals surface area (Å²) in [6, 6.07) is 43.5.